The fourth-order valence-electron chi connectivity index (χ4n) is 2.92. The molecule has 2 aliphatic rings. The average molecular weight is 301 g/mol. The van der Waals surface area contributed by atoms with Crippen LogP contribution in [-0.2, 0) is 17.5 Å². The Labute approximate surface area is 118 Å². The third kappa shape index (κ3) is 2.25. The Kier molecular flexibility index (Phi) is 3.15. The molecule has 3 rings (SSSR count). The first kappa shape index (κ1) is 14.0. The molecule has 0 radical (unpaired) electrons. The predicted octanol–water partition coefficient (Wildman–Crippen LogP) is 3.22. The summed E-state index contributed by atoms with van der Waals surface area (Å²) in [5.74, 6) is 0.469. The van der Waals surface area contributed by atoms with Crippen LogP contribution in [0.15, 0.2) is 24.3 Å². The van der Waals surface area contributed by atoms with E-state index < -0.39 is 23.1 Å². The van der Waals surface area contributed by atoms with Crippen molar-refractivity contribution < 1.29 is 17.7 Å². The van der Waals surface area contributed by atoms with E-state index in [2.05, 4.69) is 0 Å². The van der Waals surface area contributed by atoms with E-state index in [0.717, 1.165) is 29.2 Å². The zero-order chi connectivity index (χ0) is 14.7. The van der Waals surface area contributed by atoms with E-state index in [0.29, 0.717) is 0 Å². The summed E-state index contributed by atoms with van der Waals surface area (Å²) in [6.45, 7) is 1.75. The van der Waals surface area contributed by atoms with Gasteiger partial charge in [0.25, 0.3) is 0 Å². The zero-order valence-electron chi connectivity index (χ0n) is 10.8. The number of fused-ring (bicyclic) bond motifs is 3. The third-order valence-electron chi connectivity index (χ3n) is 4.06. The van der Waals surface area contributed by atoms with E-state index in [9.17, 15) is 17.7 Å². The van der Waals surface area contributed by atoms with Crippen molar-refractivity contribution in [3.05, 3.63) is 41.0 Å². The van der Waals surface area contributed by atoms with Crippen LogP contribution in [0.1, 0.15) is 36.0 Å². The summed E-state index contributed by atoms with van der Waals surface area (Å²) in [4.78, 5) is 0. The summed E-state index contributed by atoms with van der Waals surface area (Å²) in [6, 6.07) is 3.90. The van der Waals surface area contributed by atoms with Crippen LogP contribution in [0.2, 0.25) is 0 Å². The van der Waals surface area contributed by atoms with Gasteiger partial charge in [-0.3, -0.25) is 0 Å². The molecule has 2 nitrogen and oxygen atoms in total. The van der Waals surface area contributed by atoms with Gasteiger partial charge in [-0.05, 0) is 60.1 Å². The monoisotopic (exact) mass is 301 g/mol. The molecule has 0 saturated heterocycles. The van der Waals surface area contributed by atoms with Gasteiger partial charge in [0.1, 0.15) is 0 Å². The lowest BCUT2D eigenvalue weighted by Crippen LogP contribution is -2.24. The average Bonchev–Trinajstić information content (AvgIpc) is 3.08. The number of hydrogen-bond donors (Lipinski definition) is 1. The predicted molar refractivity (Wildman–Crippen MR) is 72.1 cm³/mol. The van der Waals surface area contributed by atoms with Crippen LogP contribution in [0.25, 0.3) is 5.57 Å². The van der Waals surface area contributed by atoms with Gasteiger partial charge in [-0.25, -0.2) is 0 Å². The minimum atomic E-state index is -4.31. The highest BCUT2D eigenvalue weighted by Gasteiger charge is 2.49. The Hall–Kier alpha value is -0.980. The van der Waals surface area contributed by atoms with E-state index >= 15 is 0 Å². The van der Waals surface area contributed by atoms with Crippen molar-refractivity contribution in [2.24, 2.45) is 11.1 Å². The fourth-order valence-corrected chi connectivity index (χ4v) is 3.20. The molecule has 0 bridgehead atoms. The quantitative estimate of drug-likeness (QED) is 0.853. The van der Waals surface area contributed by atoms with Gasteiger partial charge in [-0.2, -0.15) is 18.3 Å². The molecule has 0 aliphatic heterocycles. The topological polar surface area (TPSA) is 49.1 Å². The number of benzene rings is 1. The first-order chi connectivity index (χ1) is 9.29. The van der Waals surface area contributed by atoms with E-state index in [-0.39, 0.29) is 17.1 Å². The molecular formula is C14H14F3NOS. The molecule has 2 aliphatic carbocycles. The largest absolute Gasteiger partial charge is 0.598 e. The SMILES string of the molecule is CC(/C=C1\c2ccc(C(F)(F)F)cc2C2CC12)[S+](N)[O-]. The van der Waals surface area contributed by atoms with Crippen LogP contribution >= 0.6 is 0 Å². The normalized spacial score (nSPS) is 29.0. The van der Waals surface area contributed by atoms with Gasteiger partial charge in [0.05, 0.1) is 5.56 Å². The zero-order valence-corrected chi connectivity index (χ0v) is 11.6. The Morgan fingerprint density at radius 3 is 2.70 bits per heavy atom. The highest BCUT2D eigenvalue weighted by molar-refractivity contribution is 7.89. The first-order valence-corrected chi connectivity index (χ1v) is 7.65. The van der Waals surface area contributed by atoms with Gasteiger partial charge >= 0.3 is 6.18 Å². The molecule has 6 heteroatoms. The highest BCUT2D eigenvalue weighted by Crippen LogP contribution is 2.62. The lowest BCUT2D eigenvalue weighted by Gasteiger charge is -2.13. The van der Waals surface area contributed by atoms with Crippen molar-refractivity contribution in [2.75, 3.05) is 0 Å². The first-order valence-electron chi connectivity index (χ1n) is 6.37. The molecule has 1 aromatic rings. The van der Waals surface area contributed by atoms with Crippen LogP contribution in [0.4, 0.5) is 13.2 Å². The van der Waals surface area contributed by atoms with Crippen LogP contribution in [0, 0.1) is 5.92 Å². The van der Waals surface area contributed by atoms with Crippen molar-refractivity contribution in [1.29, 1.82) is 0 Å². The van der Waals surface area contributed by atoms with Gasteiger partial charge < -0.3 is 4.55 Å². The maximum absolute atomic E-state index is 12.7. The van der Waals surface area contributed by atoms with E-state index in [4.69, 9.17) is 5.14 Å². The van der Waals surface area contributed by atoms with Crippen molar-refractivity contribution in [3.63, 3.8) is 0 Å². The molecule has 0 heterocycles. The second-order valence-electron chi connectivity index (χ2n) is 5.40. The number of nitrogens with two attached hydrogens (primary N) is 1. The molecule has 1 fully saturated rings. The van der Waals surface area contributed by atoms with Crippen molar-refractivity contribution >= 4 is 16.9 Å². The summed E-state index contributed by atoms with van der Waals surface area (Å²) >= 11 is -1.45. The molecule has 0 amide bonds. The second-order valence-corrected chi connectivity index (χ2v) is 6.80. The van der Waals surface area contributed by atoms with Crippen LogP contribution in [0.5, 0.6) is 0 Å². The molecule has 1 saturated carbocycles. The fraction of sp³-hybridized carbons (Fsp3) is 0.429. The molecule has 2 N–H and O–H groups in total. The van der Waals surface area contributed by atoms with Gasteiger partial charge in [-0.15, -0.1) is 0 Å². The van der Waals surface area contributed by atoms with E-state index in [1.54, 1.807) is 6.92 Å². The molecule has 20 heavy (non-hydrogen) atoms. The Morgan fingerprint density at radius 2 is 2.10 bits per heavy atom. The summed E-state index contributed by atoms with van der Waals surface area (Å²) in [6.07, 6.45) is -1.58. The number of allylic oxidation sites excluding steroid dienone is 1. The number of rotatable bonds is 2. The van der Waals surface area contributed by atoms with E-state index in [1.165, 1.54) is 12.1 Å². The summed E-state index contributed by atoms with van der Waals surface area (Å²) in [5.41, 5.74) is 2.03. The minimum absolute atomic E-state index is 0.192. The Bertz CT molecular complexity index is 582. The highest BCUT2D eigenvalue weighted by atomic mass is 32.2. The molecule has 0 aromatic heterocycles. The van der Waals surface area contributed by atoms with Gasteiger partial charge in [-0.1, -0.05) is 6.07 Å². The lowest BCUT2D eigenvalue weighted by atomic mass is 9.98. The Morgan fingerprint density at radius 1 is 1.40 bits per heavy atom. The smallest absolute Gasteiger partial charge is 0.416 e. The summed E-state index contributed by atoms with van der Waals surface area (Å²) < 4.78 is 49.5. The standard InChI is InChI=1S/C14H14F3NOS/c1-7(20(18)19)4-10-9-3-2-8(14(15,16)17)5-11(9)13-6-12(10)13/h2-5,7,12-13H,6,18H2,1H3/b10-4+. The molecular weight excluding hydrogens is 287 g/mol. The minimum Gasteiger partial charge on any atom is -0.598 e. The van der Waals surface area contributed by atoms with Gasteiger partial charge in [0.15, 0.2) is 5.25 Å². The maximum Gasteiger partial charge on any atom is 0.416 e. The maximum atomic E-state index is 12.7. The summed E-state index contributed by atoms with van der Waals surface area (Å²) in [5, 5.41) is 5.06. The molecule has 1 aromatic carbocycles. The third-order valence-corrected chi connectivity index (χ3v) is 4.93. The van der Waals surface area contributed by atoms with Crippen LogP contribution < -0.4 is 5.14 Å². The molecule has 108 valence electrons. The number of alkyl halides is 3. The molecule has 0 spiro atoms. The number of halogens is 3. The van der Waals surface area contributed by atoms with Crippen molar-refractivity contribution in [3.8, 4) is 0 Å². The van der Waals surface area contributed by atoms with Crippen molar-refractivity contribution in [1.82, 2.24) is 0 Å². The molecule has 4 atom stereocenters. The van der Waals surface area contributed by atoms with Gasteiger partial charge in [0.2, 0.25) is 0 Å². The van der Waals surface area contributed by atoms with Crippen LogP contribution in [-0.4, -0.2) is 9.80 Å². The lowest BCUT2D eigenvalue weighted by molar-refractivity contribution is -0.137. The Balaban J connectivity index is 1.99. The summed E-state index contributed by atoms with van der Waals surface area (Å²) in [7, 11) is 0. The van der Waals surface area contributed by atoms with E-state index in [1.807, 2.05) is 6.08 Å². The second kappa shape index (κ2) is 4.51. The molecule has 4 unspecified atom stereocenters. The van der Waals surface area contributed by atoms with Gasteiger partial charge in [0, 0.05) is 11.4 Å². The van der Waals surface area contributed by atoms with Crippen molar-refractivity contribution in [2.45, 2.75) is 30.7 Å². The number of hydrogen-bond acceptors (Lipinski definition) is 2. The van der Waals surface area contributed by atoms with Crippen LogP contribution in [0.3, 0.4) is 0 Å².